The topological polar surface area (TPSA) is 46.6 Å². The van der Waals surface area contributed by atoms with Crippen molar-refractivity contribution in [3.05, 3.63) is 81.7 Å². The van der Waals surface area contributed by atoms with E-state index in [1.807, 2.05) is 42.5 Å². The number of halogens is 1. The molecule has 1 aliphatic heterocycles. The number of ether oxygens (including phenoxy) is 1. The minimum atomic E-state index is -0.315. The van der Waals surface area contributed by atoms with E-state index in [1.54, 1.807) is 31.4 Å². The summed E-state index contributed by atoms with van der Waals surface area (Å²) in [6.07, 6.45) is 1.65. The molecular formula is C22H16ClNO3S. The van der Waals surface area contributed by atoms with E-state index in [-0.39, 0.29) is 17.7 Å². The van der Waals surface area contributed by atoms with Crippen LogP contribution < -0.4 is 4.74 Å². The van der Waals surface area contributed by atoms with E-state index in [0.717, 1.165) is 28.1 Å². The summed E-state index contributed by atoms with van der Waals surface area (Å²) in [5, 5.41) is 2.35. The van der Waals surface area contributed by atoms with Gasteiger partial charge in [-0.3, -0.25) is 14.5 Å². The molecule has 0 bridgehead atoms. The highest BCUT2D eigenvalue weighted by molar-refractivity contribution is 8.18. The number of methoxy groups -OCH3 is 1. The van der Waals surface area contributed by atoms with Crippen molar-refractivity contribution < 1.29 is 14.3 Å². The van der Waals surface area contributed by atoms with Gasteiger partial charge in [-0.1, -0.05) is 54.1 Å². The van der Waals surface area contributed by atoms with Crippen molar-refractivity contribution >= 4 is 51.4 Å². The zero-order valence-corrected chi connectivity index (χ0v) is 16.6. The molecule has 28 heavy (non-hydrogen) atoms. The lowest BCUT2D eigenvalue weighted by atomic mass is 10.0. The number of hydrogen-bond acceptors (Lipinski definition) is 4. The van der Waals surface area contributed by atoms with Gasteiger partial charge in [0.15, 0.2) is 0 Å². The Labute approximate surface area is 171 Å². The van der Waals surface area contributed by atoms with Crippen molar-refractivity contribution in [3.8, 4) is 5.75 Å². The van der Waals surface area contributed by atoms with Gasteiger partial charge >= 0.3 is 0 Å². The van der Waals surface area contributed by atoms with E-state index in [9.17, 15) is 9.59 Å². The predicted molar refractivity (Wildman–Crippen MR) is 113 cm³/mol. The first-order chi connectivity index (χ1) is 13.6. The van der Waals surface area contributed by atoms with Crippen LogP contribution in [0.1, 0.15) is 11.1 Å². The second kappa shape index (κ2) is 7.70. The first-order valence-electron chi connectivity index (χ1n) is 8.62. The molecule has 140 valence electrons. The largest absolute Gasteiger partial charge is 0.496 e. The zero-order chi connectivity index (χ0) is 19.7. The van der Waals surface area contributed by atoms with Gasteiger partial charge in [0.1, 0.15) is 5.75 Å². The average Bonchev–Trinajstić information content (AvgIpc) is 2.96. The second-order valence-electron chi connectivity index (χ2n) is 6.29. The van der Waals surface area contributed by atoms with Crippen LogP contribution in [0.2, 0.25) is 5.02 Å². The van der Waals surface area contributed by atoms with E-state index in [2.05, 4.69) is 0 Å². The van der Waals surface area contributed by atoms with Crippen molar-refractivity contribution in [3.63, 3.8) is 0 Å². The number of rotatable bonds is 4. The van der Waals surface area contributed by atoms with Crippen LogP contribution in [-0.2, 0) is 11.3 Å². The van der Waals surface area contributed by atoms with Gasteiger partial charge < -0.3 is 4.74 Å². The number of thioether (sulfide) groups is 1. The molecule has 0 spiro atoms. The number of amides is 2. The van der Waals surface area contributed by atoms with Crippen LogP contribution in [0.25, 0.3) is 16.8 Å². The quantitative estimate of drug-likeness (QED) is 0.515. The summed E-state index contributed by atoms with van der Waals surface area (Å²) in [7, 11) is 1.55. The summed E-state index contributed by atoms with van der Waals surface area (Å²) in [6, 6.07) is 19.0. The summed E-state index contributed by atoms with van der Waals surface area (Å²) >= 11 is 6.99. The SMILES string of the molecule is COc1ccc(Cl)cc1/C=C1/SC(=O)N(Cc2cccc3ccccc23)C1=O. The van der Waals surface area contributed by atoms with Gasteiger partial charge in [-0.05, 0) is 52.4 Å². The lowest BCUT2D eigenvalue weighted by molar-refractivity contribution is -0.123. The molecule has 1 aliphatic rings. The summed E-state index contributed by atoms with van der Waals surface area (Å²) in [5.74, 6) is 0.273. The summed E-state index contributed by atoms with van der Waals surface area (Å²) < 4.78 is 5.32. The van der Waals surface area contributed by atoms with E-state index < -0.39 is 0 Å². The molecule has 0 unspecified atom stereocenters. The molecule has 1 fully saturated rings. The van der Waals surface area contributed by atoms with Gasteiger partial charge in [-0.25, -0.2) is 0 Å². The van der Waals surface area contributed by atoms with Crippen LogP contribution in [0, 0.1) is 0 Å². The number of nitrogens with zero attached hydrogens (tertiary/aromatic N) is 1. The maximum atomic E-state index is 12.9. The Hall–Kier alpha value is -2.76. The lowest BCUT2D eigenvalue weighted by Crippen LogP contribution is -2.27. The highest BCUT2D eigenvalue weighted by Crippen LogP contribution is 2.36. The van der Waals surface area contributed by atoms with Crippen molar-refractivity contribution in [2.45, 2.75) is 6.54 Å². The van der Waals surface area contributed by atoms with Crippen molar-refractivity contribution in [1.82, 2.24) is 4.90 Å². The standard InChI is InChI=1S/C22H16ClNO3S/c1-27-19-10-9-17(23)11-16(19)12-20-21(25)24(22(26)28-20)13-15-7-4-6-14-5-2-3-8-18(14)15/h2-12H,13H2,1H3/b20-12+. The fraction of sp³-hybridized carbons (Fsp3) is 0.0909. The molecule has 0 aliphatic carbocycles. The third-order valence-electron chi connectivity index (χ3n) is 4.56. The average molecular weight is 410 g/mol. The van der Waals surface area contributed by atoms with Crippen LogP contribution in [0.3, 0.4) is 0 Å². The number of carbonyl (C=O) groups is 2. The Morgan fingerprint density at radius 2 is 1.86 bits per heavy atom. The lowest BCUT2D eigenvalue weighted by Gasteiger charge is -2.14. The molecule has 2 amide bonds. The fourth-order valence-corrected chi connectivity index (χ4v) is 4.21. The number of imide groups is 1. The first-order valence-corrected chi connectivity index (χ1v) is 9.82. The van der Waals surface area contributed by atoms with Crippen LogP contribution in [-0.4, -0.2) is 23.2 Å². The van der Waals surface area contributed by atoms with E-state index in [4.69, 9.17) is 16.3 Å². The van der Waals surface area contributed by atoms with Gasteiger partial charge in [0, 0.05) is 10.6 Å². The molecule has 6 heteroatoms. The number of carbonyl (C=O) groups excluding carboxylic acids is 2. The Morgan fingerprint density at radius 3 is 2.68 bits per heavy atom. The zero-order valence-electron chi connectivity index (χ0n) is 15.0. The highest BCUT2D eigenvalue weighted by atomic mass is 35.5. The molecule has 1 heterocycles. The Morgan fingerprint density at radius 1 is 1.07 bits per heavy atom. The third kappa shape index (κ3) is 3.51. The molecule has 0 atom stereocenters. The normalized spacial score (nSPS) is 15.6. The number of fused-ring (bicyclic) bond motifs is 1. The van der Waals surface area contributed by atoms with Gasteiger partial charge in [0.2, 0.25) is 0 Å². The minimum Gasteiger partial charge on any atom is -0.496 e. The molecule has 4 nitrogen and oxygen atoms in total. The van der Waals surface area contributed by atoms with Gasteiger partial charge in [-0.2, -0.15) is 0 Å². The minimum absolute atomic E-state index is 0.232. The molecule has 3 aromatic carbocycles. The highest BCUT2D eigenvalue weighted by Gasteiger charge is 2.35. The predicted octanol–water partition coefficient (Wildman–Crippen LogP) is 5.74. The summed E-state index contributed by atoms with van der Waals surface area (Å²) in [6.45, 7) is 0.232. The summed E-state index contributed by atoms with van der Waals surface area (Å²) in [5.41, 5.74) is 1.59. The van der Waals surface area contributed by atoms with Gasteiger partial charge in [0.05, 0.1) is 18.6 Å². The van der Waals surface area contributed by atoms with E-state index in [0.29, 0.717) is 21.2 Å². The number of hydrogen-bond donors (Lipinski definition) is 0. The summed E-state index contributed by atoms with van der Waals surface area (Å²) in [4.78, 5) is 27.0. The van der Waals surface area contributed by atoms with Crippen LogP contribution >= 0.6 is 23.4 Å². The Kier molecular flexibility index (Phi) is 5.11. The van der Waals surface area contributed by atoms with Crippen molar-refractivity contribution in [2.75, 3.05) is 7.11 Å². The maximum absolute atomic E-state index is 12.9. The molecule has 0 N–H and O–H groups in total. The molecule has 3 aromatic rings. The fourth-order valence-electron chi connectivity index (χ4n) is 3.20. The second-order valence-corrected chi connectivity index (χ2v) is 7.72. The molecule has 1 saturated heterocycles. The van der Waals surface area contributed by atoms with Crippen LogP contribution in [0.15, 0.2) is 65.6 Å². The van der Waals surface area contributed by atoms with Crippen LogP contribution in [0.5, 0.6) is 5.75 Å². The molecule has 4 rings (SSSR count). The van der Waals surface area contributed by atoms with Crippen molar-refractivity contribution in [1.29, 1.82) is 0 Å². The van der Waals surface area contributed by atoms with Crippen molar-refractivity contribution in [2.24, 2.45) is 0 Å². The van der Waals surface area contributed by atoms with Gasteiger partial charge in [-0.15, -0.1) is 0 Å². The van der Waals surface area contributed by atoms with Gasteiger partial charge in [0.25, 0.3) is 11.1 Å². The van der Waals surface area contributed by atoms with Crippen LogP contribution in [0.4, 0.5) is 4.79 Å². The molecular weight excluding hydrogens is 394 g/mol. The monoisotopic (exact) mass is 409 g/mol. The van der Waals surface area contributed by atoms with E-state index >= 15 is 0 Å². The molecule has 0 aromatic heterocycles. The smallest absolute Gasteiger partial charge is 0.293 e. The Bertz CT molecular complexity index is 1120. The molecule has 0 radical (unpaired) electrons. The first kappa shape index (κ1) is 18.6. The third-order valence-corrected chi connectivity index (χ3v) is 5.70. The van der Waals surface area contributed by atoms with E-state index in [1.165, 1.54) is 4.90 Å². The maximum Gasteiger partial charge on any atom is 0.293 e. The number of benzene rings is 3. The Balaban J connectivity index is 1.65. The molecule has 0 saturated carbocycles.